The Hall–Kier alpha value is -3.69. The van der Waals surface area contributed by atoms with Gasteiger partial charge in [0.1, 0.15) is 11.0 Å². The number of anilines is 1. The molecule has 0 radical (unpaired) electrons. The Kier molecular flexibility index (Phi) is 5.38. The number of nitrogens with one attached hydrogen (secondary N) is 2. The highest BCUT2D eigenvalue weighted by Crippen LogP contribution is 2.42. The van der Waals surface area contributed by atoms with Crippen molar-refractivity contribution in [2.75, 3.05) is 12.4 Å². The molecule has 0 spiro atoms. The van der Waals surface area contributed by atoms with Crippen LogP contribution in [0.1, 0.15) is 40.0 Å². The average Bonchev–Trinajstić information content (AvgIpc) is 3.40. The van der Waals surface area contributed by atoms with Crippen LogP contribution in [0.4, 0.5) is 5.95 Å². The minimum absolute atomic E-state index is 0.115. The molecule has 10 heteroatoms. The van der Waals surface area contributed by atoms with E-state index < -0.39 is 0 Å². The second-order valence-electron chi connectivity index (χ2n) is 9.48. The maximum absolute atomic E-state index is 12.6. The van der Waals surface area contributed by atoms with Gasteiger partial charge in [-0.2, -0.15) is 4.98 Å². The number of ether oxygens (including phenoxy) is 1. The summed E-state index contributed by atoms with van der Waals surface area (Å²) in [6.45, 7) is 6.11. The minimum Gasteiger partial charge on any atom is -0.479 e. The van der Waals surface area contributed by atoms with Gasteiger partial charge in [-0.15, -0.1) is 10.2 Å². The maximum atomic E-state index is 12.6. The highest BCUT2D eigenvalue weighted by Gasteiger charge is 2.46. The van der Waals surface area contributed by atoms with E-state index in [1.807, 2.05) is 45.3 Å². The molecule has 1 fully saturated rings. The lowest BCUT2D eigenvalue weighted by atomic mass is 9.66. The van der Waals surface area contributed by atoms with Gasteiger partial charge in [0.25, 0.3) is 0 Å². The van der Waals surface area contributed by atoms with Gasteiger partial charge in [0.15, 0.2) is 0 Å². The number of amides is 1. The normalized spacial score (nSPS) is 20.8. The van der Waals surface area contributed by atoms with Crippen molar-refractivity contribution in [1.29, 1.82) is 0 Å². The van der Waals surface area contributed by atoms with E-state index in [1.165, 1.54) is 0 Å². The van der Waals surface area contributed by atoms with E-state index in [1.54, 1.807) is 16.3 Å². The first-order valence-electron chi connectivity index (χ1n) is 11.6. The third kappa shape index (κ3) is 3.72. The minimum atomic E-state index is -0.366. The van der Waals surface area contributed by atoms with Crippen molar-refractivity contribution >= 4 is 28.4 Å². The molecule has 3 aromatic heterocycles. The second-order valence-corrected chi connectivity index (χ2v) is 9.48. The molecular formula is C24H30N8O2. The quantitative estimate of drug-likeness (QED) is 0.434. The van der Waals surface area contributed by atoms with Gasteiger partial charge in [-0.1, -0.05) is 25.1 Å². The zero-order valence-corrected chi connectivity index (χ0v) is 20.2. The number of hydrogen-bond acceptors (Lipinski definition) is 7. The Morgan fingerprint density at radius 2 is 2.12 bits per heavy atom. The van der Waals surface area contributed by atoms with E-state index in [4.69, 9.17) is 4.74 Å². The van der Waals surface area contributed by atoms with Crippen LogP contribution in [0.5, 0.6) is 5.88 Å². The predicted octanol–water partition coefficient (Wildman–Crippen LogP) is 3.18. The van der Waals surface area contributed by atoms with Gasteiger partial charge in [-0.3, -0.25) is 4.79 Å². The molecule has 1 aliphatic rings. The lowest BCUT2D eigenvalue weighted by molar-refractivity contribution is -0.135. The highest BCUT2D eigenvalue weighted by atomic mass is 16.5. The molecule has 1 unspecified atom stereocenters. The smallest absolute Gasteiger partial charge is 0.244 e. The van der Waals surface area contributed by atoms with Crippen LogP contribution in [0.25, 0.3) is 27.7 Å². The fraction of sp³-hybridized carbons (Fsp3) is 0.458. The summed E-state index contributed by atoms with van der Waals surface area (Å²) in [5, 5.41) is 19.4. The van der Waals surface area contributed by atoms with Gasteiger partial charge in [0.2, 0.25) is 17.7 Å². The fourth-order valence-electron chi connectivity index (χ4n) is 4.62. The number of carbonyl (C=O) groups excluding carboxylic acids is 1. The van der Waals surface area contributed by atoms with Crippen molar-refractivity contribution in [2.45, 2.75) is 52.1 Å². The summed E-state index contributed by atoms with van der Waals surface area (Å²) >= 11 is 0. The van der Waals surface area contributed by atoms with Crippen LogP contribution in [0.2, 0.25) is 0 Å². The predicted molar refractivity (Wildman–Crippen MR) is 130 cm³/mol. The zero-order valence-electron chi connectivity index (χ0n) is 20.2. The average molecular weight is 463 g/mol. The summed E-state index contributed by atoms with van der Waals surface area (Å²) in [6.07, 6.45) is 4.28. The van der Waals surface area contributed by atoms with Gasteiger partial charge in [0.05, 0.1) is 18.0 Å². The number of rotatable bonds is 7. The number of aryl methyl sites for hydroxylation is 1. The number of methoxy groups -OCH3 is 1. The lowest BCUT2D eigenvalue weighted by Gasteiger charge is -2.44. The first kappa shape index (κ1) is 22.1. The van der Waals surface area contributed by atoms with Crippen molar-refractivity contribution < 1.29 is 9.53 Å². The number of nitrogens with zero attached hydrogens (tertiary/aromatic N) is 6. The van der Waals surface area contributed by atoms with E-state index in [0.29, 0.717) is 11.8 Å². The summed E-state index contributed by atoms with van der Waals surface area (Å²) in [4.78, 5) is 17.2. The zero-order chi connectivity index (χ0) is 24.0. The standard InChI is InChI=1S/C24H30N8O2/c1-6-14(2)25-22(33)24(3)12-16(13-24)26-23-27-21(34-5)20-17(9-10-32(20)29-23)15-7-8-18-19(11-15)31(4)30-28-18/h7-11,14,16H,6,12-13H2,1-5H3,(H,25,33)(H,26,29). The molecule has 1 aliphatic carbocycles. The van der Waals surface area contributed by atoms with E-state index in [9.17, 15) is 4.79 Å². The molecule has 1 amide bonds. The summed E-state index contributed by atoms with van der Waals surface area (Å²) in [6, 6.07) is 8.33. The van der Waals surface area contributed by atoms with Gasteiger partial charge >= 0.3 is 0 Å². The molecule has 3 heterocycles. The van der Waals surface area contributed by atoms with Gasteiger partial charge < -0.3 is 15.4 Å². The summed E-state index contributed by atoms with van der Waals surface area (Å²) < 4.78 is 9.18. The molecule has 1 saturated carbocycles. The Labute approximate surface area is 197 Å². The summed E-state index contributed by atoms with van der Waals surface area (Å²) in [5.74, 6) is 1.08. The topological polar surface area (TPSA) is 111 Å². The molecule has 0 aliphatic heterocycles. The highest BCUT2D eigenvalue weighted by molar-refractivity contribution is 5.89. The van der Waals surface area contributed by atoms with E-state index in [-0.39, 0.29) is 23.4 Å². The Balaban J connectivity index is 1.38. The van der Waals surface area contributed by atoms with Gasteiger partial charge in [0, 0.05) is 30.9 Å². The molecule has 34 heavy (non-hydrogen) atoms. The first-order valence-corrected chi connectivity index (χ1v) is 11.6. The summed E-state index contributed by atoms with van der Waals surface area (Å²) in [7, 11) is 3.48. The van der Waals surface area contributed by atoms with Crippen LogP contribution in [0, 0.1) is 5.41 Å². The third-order valence-electron chi connectivity index (χ3n) is 6.86. The molecule has 2 N–H and O–H groups in total. The molecule has 5 rings (SSSR count). The summed E-state index contributed by atoms with van der Waals surface area (Å²) in [5.41, 5.74) is 4.17. The monoisotopic (exact) mass is 462 g/mol. The van der Waals surface area contributed by atoms with Crippen LogP contribution in [-0.4, -0.2) is 54.7 Å². The largest absolute Gasteiger partial charge is 0.479 e. The van der Waals surface area contributed by atoms with Crippen molar-refractivity contribution in [3.05, 3.63) is 30.5 Å². The van der Waals surface area contributed by atoms with Gasteiger partial charge in [-0.25, -0.2) is 9.20 Å². The van der Waals surface area contributed by atoms with E-state index in [0.717, 1.165) is 46.9 Å². The molecule has 0 saturated heterocycles. The second kappa shape index (κ2) is 8.27. The third-order valence-corrected chi connectivity index (χ3v) is 6.86. The van der Waals surface area contributed by atoms with Crippen molar-refractivity contribution in [1.82, 2.24) is 34.9 Å². The first-order chi connectivity index (χ1) is 16.3. The van der Waals surface area contributed by atoms with E-state index in [2.05, 4.69) is 44.0 Å². The van der Waals surface area contributed by atoms with Crippen molar-refractivity contribution in [3.8, 4) is 17.0 Å². The van der Waals surface area contributed by atoms with Crippen LogP contribution >= 0.6 is 0 Å². The molecule has 0 bridgehead atoms. The van der Waals surface area contributed by atoms with Gasteiger partial charge in [-0.05, 0) is 49.9 Å². The van der Waals surface area contributed by atoms with E-state index >= 15 is 0 Å². The molecular weight excluding hydrogens is 432 g/mol. The molecule has 10 nitrogen and oxygen atoms in total. The van der Waals surface area contributed by atoms with Crippen LogP contribution < -0.4 is 15.4 Å². The molecule has 1 atom stereocenters. The van der Waals surface area contributed by atoms with Crippen LogP contribution in [-0.2, 0) is 11.8 Å². The fourth-order valence-corrected chi connectivity index (χ4v) is 4.62. The van der Waals surface area contributed by atoms with Crippen LogP contribution in [0.15, 0.2) is 30.5 Å². The molecule has 1 aromatic carbocycles. The SMILES string of the molecule is CCC(C)NC(=O)C1(C)CC(Nc2nc(OC)c3c(-c4ccc5nnn(C)c5c4)ccn3n2)C1. The molecule has 178 valence electrons. The Morgan fingerprint density at radius 1 is 1.32 bits per heavy atom. The number of carbonyl (C=O) groups is 1. The Bertz CT molecular complexity index is 1370. The number of aromatic nitrogens is 6. The lowest BCUT2D eigenvalue weighted by Crippen LogP contribution is -2.54. The molecule has 4 aromatic rings. The Morgan fingerprint density at radius 3 is 2.85 bits per heavy atom. The van der Waals surface area contributed by atoms with Crippen molar-refractivity contribution in [3.63, 3.8) is 0 Å². The van der Waals surface area contributed by atoms with Crippen molar-refractivity contribution in [2.24, 2.45) is 12.5 Å². The maximum Gasteiger partial charge on any atom is 0.244 e. The number of fused-ring (bicyclic) bond motifs is 2. The number of hydrogen-bond donors (Lipinski definition) is 2. The number of benzene rings is 1. The van der Waals surface area contributed by atoms with Crippen LogP contribution in [0.3, 0.4) is 0 Å².